The first kappa shape index (κ1) is 42.7. The van der Waals surface area contributed by atoms with Crippen LogP contribution >= 0.6 is 0 Å². The van der Waals surface area contributed by atoms with Crippen molar-refractivity contribution in [3.63, 3.8) is 0 Å². The van der Waals surface area contributed by atoms with Gasteiger partial charge in [-0.25, -0.2) is 0 Å². The lowest BCUT2D eigenvalue weighted by atomic mass is 10.4. The van der Waals surface area contributed by atoms with Gasteiger partial charge in [-0.2, -0.15) is 0 Å². The number of hydrogen-bond acceptors (Lipinski definition) is 1. The van der Waals surface area contributed by atoms with Crippen LogP contribution in [0.25, 0.3) is 0 Å². The summed E-state index contributed by atoms with van der Waals surface area (Å²) < 4.78 is 4.81. The Morgan fingerprint density at radius 2 is 0.952 bits per heavy atom. The Bertz CT molecular complexity index is 144. The van der Waals surface area contributed by atoms with E-state index in [1.54, 1.807) is 31.4 Å². The zero-order valence-electron chi connectivity index (χ0n) is 17.3. The topological polar surface area (TPSA) is 9.23 Å². The van der Waals surface area contributed by atoms with E-state index in [1.165, 1.54) is 0 Å². The number of hydrogen-bond donors (Lipinski definition) is 0. The van der Waals surface area contributed by atoms with Crippen LogP contribution in [0.3, 0.4) is 0 Å². The molecule has 0 N–H and O–H groups in total. The summed E-state index contributed by atoms with van der Waals surface area (Å²) in [4.78, 5) is 0. The van der Waals surface area contributed by atoms with Gasteiger partial charge in [0.05, 0.1) is 7.11 Å². The maximum atomic E-state index is 4.81. The van der Waals surface area contributed by atoms with Crippen LogP contribution in [-0.4, -0.2) is 7.11 Å². The molecule has 0 aromatic rings. The summed E-state index contributed by atoms with van der Waals surface area (Å²) in [5.74, 6) is 0.736. The third-order valence-electron chi connectivity index (χ3n) is 0.719. The molecule has 0 heterocycles. The van der Waals surface area contributed by atoms with Gasteiger partial charge in [0.25, 0.3) is 0 Å². The Kier molecular flexibility index (Phi) is 263. The molecule has 132 valence electrons. The Labute approximate surface area is 138 Å². The largest absolute Gasteiger partial charge is 0.497 e. The summed E-state index contributed by atoms with van der Waals surface area (Å²) in [5, 5.41) is 0. The second-order valence-electron chi connectivity index (χ2n) is 1.62. The average Bonchev–Trinajstić information content (AvgIpc) is 2.62. The Hall–Kier alpha value is -1.24. The summed E-state index contributed by atoms with van der Waals surface area (Å²) in [7, 11) is 1.59. The summed E-state index contributed by atoms with van der Waals surface area (Å²) >= 11 is 0. The molecule has 0 bridgehead atoms. The minimum absolute atomic E-state index is 0.736. The molecule has 0 atom stereocenters. The van der Waals surface area contributed by atoms with Crippen LogP contribution in [0, 0.1) is 0 Å². The smallest absolute Gasteiger partial charge is 0.118 e. The van der Waals surface area contributed by atoms with E-state index in [9.17, 15) is 0 Å². The summed E-state index contributed by atoms with van der Waals surface area (Å²) in [6.45, 7) is 32.3. The number of ether oxygens (including phenoxy) is 1. The SMILES string of the molecule is C=C/C=C(\C=C)OC.C=CC.CC.CC.CC.CC.CC. The molecule has 0 unspecified atom stereocenters. The molecule has 0 aliphatic heterocycles. The van der Waals surface area contributed by atoms with Crippen LogP contribution in [0.15, 0.2) is 49.8 Å². The van der Waals surface area contributed by atoms with Gasteiger partial charge in [0.15, 0.2) is 0 Å². The molecule has 0 saturated carbocycles. The van der Waals surface area contributed by atoms with E-state index in [4.69, 9.17) is 4.74 Å². The van der Waals surface area contributed by atoms with E-state index >= 15 is 0 Å². The fourth-order valence-corrected chi connectivity index (χ4v) is 0.336. The van der Waals surface area contributed by atoms with Crippen molar-refractivity contribution in [1.29, 1.82) is 0 Å². The molecule has 0 aromatic heterocycles. The van der Waals surface area contributed by atoms with Crippen molar-refractivity contribution in [2.75, 3.05) is 7.11 Å². The van der Waals surface area contributed by atoms with Crippen molar-refractivity contribution in [1.82, 2.24) is 0 Å². The van der Waals surface area contributed by atoms with E-state index in [-0.39, 0.29) is 0 Å². The van der Waals surface area contributed by atoms with Gasteiger partial charge < -0.3 is 4.74 Å². The lowest BCUT2D eigenvalue weighted by Gasteiger charge is -1.94. The molecule has 21 heavy (non-hydrogen) atoms. The van der Waals surface area contributed by atoms with Gasteiger partial charge in [-0.3, -0.25) is 0 Å². The summed E-state index contributed by atoms with van der Waals surface area (Å²) in [5.41, 5.74) is 0. The normalized spacial score (nSPS) is 6.00. The highest BCUT2D eigenvalue weighted by Gasteiger charge is 1.79. The molecule has 0 aromatic carbocycles. The third kappa shape index (κ3) is 159. The Morgan fingerprint density at radius 3 is 1.00 bits per heavy atom. The van der Waals surface area contributed by atoms with Crippen molar-refractivity contribution >= 4 is 0 Å². The van der Waals surface area contributed by atoms with Gasteiger partial charge in [-0.15, -0.1) is 6.58 Å². The van der Waals surface area contributed by atoms with E-state index in [0.29, 0.717) is 0 Å². The molecule has 1 nitrogen and oxygen atoms in total. The van der Waals surface area contributed by atoms with Gasteiger partial charge >= 0.3 is 0 Å². The van der Waals surface area contributed by atoms with Crippen molar-refractivity contribution in [3.8, 4) is 0 Å². The molecule has 0 saturated heterocycles. The van der Waals surface area contributed by atoms with Gasteiger partial charge in [0.1, 0.15) is 5.76 Å². The molecular formula is C20H46O. The highest BCUT2D eigenvalue weighted by atomic mass is 16.5. The standard InChI is InChI=1S/C7H10O.C3H6.5C2H6/c1-4-6-7(5-2)8-3;1-3-2;5*1-2/h4-6H,1-2H2,3H3;3H,1H2,2H3;5*1-2H3/b7-6+;;;;;;. The molecular weight excluding hydrogens is 256 g/mol. The predicted molar refractivity (Wildman–Crippen MR) is 108 cm³/mol. The van der Waals surface area contributed by atoms with Crippen molar-refractivity contribution < 1.29 is 4.74 Å². The lowest BCUT2D eigenvalue weighted by molar-refractivity contribution is 0.307. The molecule has 0 amide bonds. The molecule has 0 radical (unpaired) electrons. The zero-order chi connectivity index (χ0) is 19.1. The van der Waals surface area contributed by atoms with Crippen LogP contribution in [0.2, 0.25) is 0 Å². The first-order valence-corrected chi connectivity index (χ1v) is 8.33. The van der Waals surface area contributed by atoms with E-state index < -0.39 is 0 Å². The minimum atomic E-state index is 0.736. The van der Waals surface area contributed by atoms with E-state index in [2.05, 4.69) is 19.7 Å². The second-order valence-corrected chi connectivity index (χ2v) is 1.62. The zero-order valence-corrected chi connectivity index (χ0v) is 17.3. The van der Waals surface area contributed by atoms with Crippen LogP contribution in [0.5, 0.6) is 0 Å². The molecule has 1 heteroatoms. The lowest BCUT2D eigenvalue weighted by Crippen LogP contribution is -1.77. The van der Waals surface area contributed by atoms with Crippen molar-refractivity contribution in [2.45, 2.75) is 76.2 Å². The summed E-state index contributed by atoms with van der Waals surface area (Å²) in [6, 6.07) is 0. The number of methoxy groups -OCH3 is 1. The average molecular weight is 303 g/mol. The van der Waals surface area contributed by atoms with E-state index in [1.807, 2.05) is 76.2 Å². The van der Waals surface area contributed by atoms with Gasteiger partial charge in [0.2, 0.25) is 0 Å². The van der Waals surface area contributed by atoms with Crippen LogP contribution in [-0.2, 0) is 4.74 Å². The van der Waals surface area contributed by atoms with Crippen molar-refractivity contribution in [3.05, 3.63) is 49.8 Å². The van der Waals surface area contributed by atoms with E-state index in [0.717, 1.165) is 5.76 Å². The Balaban J connectivity index is -0.0000000256. The van der Waals surface area contributed by atoms with Gasteiger partial charge in [0, 0.05) is 0 Å². The van der Waals surface area contributed by atoms with Gasteiger partial charge in [-0.1, -0.05) is 94.5 Å². The monoisotopic (exact) mass is 302 g/mol. The molecule has 0 rings (SSSR count). The van der Waals surface area contributed by atoms with Crippen LogP contribution in [0.1, 0.15) is 76.2 Å². The minimum Gasteiger partial charge on any atom is -0.497 e. The fourth-order valence-electron chi connectivity index (χ4n) is 0.336. The van der Waals surface area contributed by atoms with Crippen LogP contribution < -0.4 is 0 Å². The van der Waals surface area contributed by atoms with Gasteiger partial charge in [-0.05, 0) is 19.1 Å². The maximum Gasteiger partial charge on any atom is 0.118 e. The second kappa shape index (κ2) is 129. The molecule has 0 aliphatic rings. The predicted octanol–water partition coefficient (Wildman–Crippen LogP) is 8.21. The quantitative estimate of drug-likeness (QED) is 0.290. The number of rotatable bonds is 3. The fraction of sp³-hybridized carbons (Fsp3) is 0.600. The molecule has 0 spiro atoms. The third-order valence-corrected chi connectivity index (χ3v) is 0.719. The highest BCUT2D eigenvalue weighted by molar-refractivity contribution is 5.14. The first-order chi connectivity index (χ1) is 10.3. The number of allylic oxidation sites excluding steroid dienone is 4. The van der Waals surface area contributed by atoms with Crippen LogP contribution in [0.4, 0.5) is 0 Å². The van der Waals surface area contributed by atoms with Crippen molar-refractivity contribution in [2.24, 2.45) is 0 Å². The maximum absolute atomic E-state index is 4.81. The highest BCUT2D eigenvalue weighted by Crippen LogP contribution is 1.93. The molecule has 0 fully saturated rings. The first-order valence-electron chi connectivity index (χ1n) is 8.33. The summed E-state index contributed by atoms with van der Waals surface area (Å²) in [6.07, 6.45) is 6.77. The Morgan fingerprint density at radius 1 is 0.714 bits per heavy atom. The molecule has 0 aliphatic carbocycles.